The van der Waals surface area contributed by atoms with E-state index in [1.165, 1.54) is 0 Å². The number of halogens is 2. The molecule has 122 valence electrons. The summed E-state index contributed by atoms with van der Waals surface area (Å²) < 4.78 is 25.0. The molecule has 1 fully saturated rings. The molecule has 22 heavy (non-hydrogen) atoms. The summed E-state index contributed by atoms with van der Waals surface area (Å²) >= 11 is 12.0. The van der Waals surface area contributed by atoms with Gasteiger partial charge in [-0.3, -0.25) is 4.31 Å². The van der Waals surface area contributed by atoms with Crippen molar-refractivity contribution in [2.75, 3.05) is 23.7 Å². The lowest BCUT2D eigenvalue weighted by Crippen LogP contribution is -2.42. The Morgan fingerprint density at radius 3 is 2.64 bits per heavy atom. The predicted molar refractivity (Wildman–Crippen MR) is 88.2 cm³/mol. The first-order chi connectivity index (χ1) is 10.3. The first-order valence-corrected chi connectivity index (χ1v) is 9.35. The van der Waals surface area contributed by atoms with Crippen LogP contribution in [0.5, 0.6) is 0 Å². The van der Waals surface area contributed by atoms with E-state index in [1.54, 1.807) is 18.2 Å². The number of amides is 2. The van der Waals surface area contributed by atoms with Crippen molar-refractivity contribution >= 4 is 44.9 Å². The molecule has 1 aromatic rings. The zero-order valence-electron chi connectivity index (χ0n) is 12.0. The number of anilines is 1. The van der Waals surface area contributed by atoms with E-state index in [2.05, 4.69) is 10.6 Å². The van der Waals surface area contributed by atoms with Crippen LogP contribution in [-0.4, -0.2) is 39.8 Å². The molecule has 1 aromatic carbocycles. The molecular weight excluding hydrogens is 349 g/mol. The lowest BCUT2D eigenvalue weighted by Gasteiger charge is -2.24. The minimum Gasteiger partial charge on any atom is -0.336 e. The SMILES string of the molecule is CS(=O)(=O)N(CCNC(=O)NC1CC1)c1cccc(Cl)c1Cl. The van der Waals surface area contributed by atoms with Crippen LogP contribution in [0.1, 0.15) is 12.8 Å². The van der Waals surface area contributed by atoms with Crippen molar-refractivity contribution < 1.29 is 13.2 Å². The van der Waals surface area contributed by atoms with Gasteiger partial charge >= 0.3 is 6.03 Å². The van der Waals surface area contributed by atoms with Gasteiger partial charge in [-0.2, -0.15) is 0 Å². The van der Waals surface area contributed by atoms with Crippen molar-refractivity contribution in [3.63, 3.8) is 0 Å². The second-order valence-electron chi connectivity index (χ2n) is 5.08. The Kier molecular flexibility index (Phi) is 5.41. The van der Waals surface area contributed by atoms with Crippen molar-refractivity contribution in [3.05, 3.63) is 28.2 Å². The molecule has 2 rings (SSSR count). The molecule has 0 aromatic heterocycles. The van der Waals surface area contributed by atoms with Crippen LogP contribution in [0.3, 0.4) is 0 Å². The quantitative estimate of drug-likeness (QED) is 0.810. The molecule has 1 saturated carbocycles. The maximum Gasteiger partial charge on any atom is 0.315 e. The number of carbonyl (C=O) groups is 1. The van der Waals surface area contributed by atoms with Gasteiger partial charge < -0.3 is 10.6 Å². The van der Waals surface area contributed by atoms with Crippen molar-refractivity contribution in [3.8, 4) is 0 Å². The van der Waals surface area contributed by atoms with E-state index < -0.39 is 10.0 Å². The van der Waals surface area contributed by atoms with Crippen LogP contribution in [0.4, 0.5) is 10.5 Å². The molecule has 1 aliphatic rings. The summed E-state index contributed by atoms with van der Waals surface area (Å²) in [7, 11) is -3.55. The van der Waals surface area contributed by atoms with Crippen LogP contribution in [0.15, 0.2) is 18.2 Å². The van der Waals surface area contributed by atoms with Gasteiger partial charge in [0.1, 0.15) is 0 Å². The minimum absolute atomic E-state index is 0.0665. The van der Waals surface area contributed by atoms with Crippen molar-refractivity contribution in [2.45, 2.75) is 18.9 Å². The highest BCUT2D eigenvalue weighted by Gasteiger charge is 2.24. The van der Waals surface area contributed by atoms with Crippen LogP contribution < -0.4 is 14.9 Å². The van der Waals surface area contributed by atoms with E-state index in [4.69, 9.17) is 23.2 Å². The van der Waals surface area contributed by atoms with E-state index in [0.29, 0.717) is 5.69 Å². The second-order valence-corrected chi connectivity index (χ2v) is 7.77. The Labute approximate surface area is 139 Å². The summed E-state index contributed by atoms with van der Waals surface area (Å²) in [6.45, 7) is 0.228. The zero-order valence-corrected chi connectivity index (χ0v) is 14.3. The molecule has 0 unspecified atom stereocenters. The number of rotatable bonds is 6. The number of urea groups is 1. The van der Waals surface area contributed by atoms with Gasteiger partial charge in [-0.05, 0) is 25.0 Å². The third kappa shape index (κ3) is 4.66. The lowest BCUT2D eigenvalue weighted by atomic mass is 10.3. The molecular formula is C13H17Cl2N3O3S. The molecule has 0 aliphatic heterocycles. The van der Waals surface area contributed by atoms with Crippen LogP contribution in [0.2, 0.25) is 10.0 Å². The third-order valence-electron chi connectivity index (χ3n) is 3.11. The topological polar surface area (TPSA) is 78.5 Å². The molecule has 0 radical (unpaired) electrons. The second kappa shape index (κ2) is 6.93. The monoisotopic (exact) mass is 365 g/mol. The number of benzene rings is 1. The fourth-order valence-corrected chi connectivity index (χ4v) is 3.27. The van der Waals surface area contributed by atoms with E-state index in [-0.39, 0.29) is 35.2 Å². The standard InChI is InChI=1S/C13H17Cl2N3O3S/c1-22(20,21)18(11-4-2-3-10(14)12(11)15)8-7-16-13(19)17-9-5-6-9/h2-4,9H,5-8H2,1H3,(H2,16,17,19). The average molecular weight is 366 g/mol. The normalized spacial score (nSPS) is 14.5. The molecule has 0 atom stereocenters. The summed E-state index contributed by atoms with van der Waals surface area (Å²) in [6, 6.07) is 4.71. The largest absolute Gasteiger partial charge is 0.336 e. The Hall–Kier alpha value is -1.18. The van der Waals surface area contributed by atoms with E-state index in [1.807, 2.05) is 0 Å². The van der Waals surface area contributed by atoms with Gasteiger partial charge in [0.25, 0.3) is 0 Å². The Morgan fingerprint density at radius 1 is 1.36 bits per heavy atom. The molecule has 2 N–H and O–H groups in total. The van der Waals surface area contributed by atoms with Crippen LogP contribution in [0, 0.1) is 0 Å². The van der Waals surface area contributed by atoms with Crippen LogP contribution in [-0.2, 0) is 10.0 Å². The smallest absolute Gasteiger partial charge is 0.315 e. The van der Waals surface area contributed by atoms with E-state index >= 15 is 0 Å². The van der Waals surface area contributed by atoms with E-state index in [0.717, 1.165) is 23.4 Å². The predicted octanol–water partition coefficient (Wildman–Crippen LogP) is 2.22. The minimum atomic E-state index is -3.55. The molecule has 2 amide bonds. The number of carbonyl (C=O) groups excluding carboxylic acids is 1. The Bertz CT molecular complexity index is 662. The Morgan fingerprint density at radius 2 is 2.05 bits per heavy atom. The highest BCUT2D eigenvalue weighted by atomic mass is 35.5. The maximum absolute atomic E-state index is 12.0. The molecule has 9 heteroatoms. The Balaban J connectivity index is 2.03. The molecule has 0 saturated heterocycles. The molecule has 1 aliphatic carbocycles. The number of hydrogen-bond acceptors (Lipinski definition) is 3. The molecule has 6 nitrogen and oxygen atoms in total. The van der Waals surface area contributed by atoms with E-state index in [9.17, 15) is 13.2 Å². The summed E-state index contributed by atoms with van der Waals surface area (Å²) in [5, 5.41) is 5.82. The van der Waals surface area contributed by atoms with Gasteiger partial charge in [-0.15, -0.1) is 0 Å². The fourth-order valence-electron chi connectivity index (χ4n) is 1.89. The number of sulfonamides is 1. The van der Waals surface area contributed by atoms with Gasteiger partial charge in [-0.25, -0.2) is 13.2 Å². The van der Waals surface area contributed by atoms with Crippen molar-refractivity contribution in [2.24, 2.45) is 0 Å². The highest BCUT2D eigenvalue weighted by molar-refractivity contribution is 7.92. The highest BCUT2D eigenvalue weighted by Crippen LogP contribution is 2.33. The van der Waals surface area contributed by atoms with Gasteiger partial charge in [-0.1, -0.05) is 29.3 Å². The number of nitrogens with zero attached hydrogens (tertiary/aromatic N) is 1. The fraction of sp³-hybridized carbons (Fsp3) is 0.462. The van der Waals surface area contributed by atoms with Crippen molar-refractivity contribution in [1.29, 1.82) is 0 Å². The third-order valence-corrected chi connectivity index (χ3v) is 5.10. The number of nitrogens with one attached hydrogen (secondary N) is 2. The average Bonchev–Trinajstić information content (AvgIpc) is 3.21. The van der Waals surface area contributed by atoms with Gasteiger partial charge in [0.15, 0.2) is 0 Å². The van der Waals surface area contributed by atoms with Gasteiger partial charge in [0.05, 0.1) is 28.5 Å². The first kappa shape index (κ1) is 17.2. The van der Waals surface area contributed by atoms with Gasteiger partial charge in [0, 0.05) is 12.6 Å². The van der Waals surface area contributed by atoms with Crippen LogP contribution >= 0.6 is 23.2 Å². The summed E-state index contributed by atoms with van der Waals surface area (Å²) in [5.74, 6) is 0. The molecule has 0 heterocycles. The zero-order chi connectivity index (χ0) is 16.3. The molecule has 0 bridgehead atoms. The summed E-state index contributed by atoms with van der Waals surface area (Å²) in [5.41, 5.74) is 0.293. The van der Waals surface area contributed by atoms with Crippen LogP contribution in [0.25, 0.3) is 0 Å². The molecule has 0 spiro atoms. The maximum atomic E-state index is 12.0. The van der Waals surface area contributed by atoms with Crippen molar-refractivity contribution in [1.82, 2.24) is 10.6 Å². The lowest BCUT2D eigenvalue weighted by molar-refractivity contribution is 0.241. The summed E-state index contributed by atoms with van der Waals surface area (Å²) in [6.07, 6.45) is 3.05. The summed E-state index contributed by atoms with van der Waals surface area (Å²) in [4.78, 5) is 11.5. The van der Waals surface area contributed by atoms with Gasteiger partial charge in [0.2, 0.25) is 10.0 Å². The first-order valence-electron chi connectivity index (χ1n) is 6.75. The number of hydrogen-bond donors (Lipinski definition) is 2.